The lowest BCUT2D eigenvalue weighted by atomic mass is 9.87. The zero-order valence-electron chi connectivity index (χ0n) is 12.1. The van der Waals surface area contributed by atoms with E-state index in [-0.39, 0.29) is 17.3 Å². The molecule has 0 atom stereocenters. The third-order valence-electron chi connectivity index (χ3n) is 4.29. The van der Waals surface area contributed by atoms with Crippen LogP contribution in [-0.4, -0.2) is 5.91 Å². The molecule has 1 saturated carbocycles. The molecule has 0 aliphatic heterocycles. The van der Waals surface area contributed by atoms with E-state index in [0.717, 1.165) is 31.2 Å². The normalized spacial score (nSPS) is 16.5. The number of hydrogen-bond acceptors (Lipinski definition) is 1. The topological polar surface area (TPSA) is 29.1 Å². The summed E-state index contributed by atoms with van der Waals surface area (Å²) in [5.74, 6) is -0.524. The Morgan fingerprint density at radius 3 is 2.41 bits per heavy atom. The highest BCUT2D eigenvalue weighted by molar-refractivity contribution is 6.30. The van der Waals surface area contributed by atoms with E-state index in [1.165, 1.54) is 24.3 Å². The van der Waals surface area contributed by atoms with Gasteiger partial charge in [0.1, 0.15) is 5.82 Å². The Labute approximate surface area is 134 Å². The van der Waals surface area contributed by atoms with Gasteiger partial charge in [-0.2, -0.15) is 0 Å². The van der Waals surface area contributed by atoms with Gasteiger partial charge < -0.3 is 5.32 Å². The van der Waals surface area contributed by atoms with E-state index in [1.807, 2.05) is 24.3 Å². The molecule has 0 unspecified atom stereocenters. The maximum Gasteiger partial charge on any atom is 0.251 e. The van der Waals surface area contributed by atoms with Gasteiger partial charge in [0, 0.05) is 10.6 Å². The van der Waals surface area contributed by atoms with Gasteiger partial charge in [-0.25, -0.2) is 4.39 Å². The number of rotatable bonds is 3. The zero-order valence-corrected chi connectivity index (χ0v) is 12.9. The lowest BCUT2D eigenvalue weighted by molar-refractivity contribution is 0.0898. The van der Waals surface area contributed by atoms with Gasteiger partial charge in [0.15, 0.2) is 0 Å². The smallest absolute Gasteiger partial charge is 0.251 e. The van der Waals surface area contributed by atoms with E-state index < -0.39 is 0 Å². The molecule has 0 bridgehead atoms. The molecule has 114 valence electrons. The molecule has 0 saturated heterocycles. The highest BCUT2D eigenvalue weighted by atomic mass is 35.5. The van der Waals surface area contributed by atoms with Gasteiger partial charge in [0.2, 0.25) is 0 Å². The number of carbonyl (C=O) groups is 1. The van der Waals surface area contributed by atoms with Crippen molar-refractivity contribution in [3.05, 3.63) is 70.5 Å². The molecule has 1 aliphatic rings. The van der Waals surface area contributed by atoms with Crippen molar-refractivity contribution in [2.45, 2.75) is 31.2 Å². The monoisotopic (exact) mass is 317 g/mol. The molecule has 4 heteroatoms. The first-order valence-electron chi connectivity index (χ1n) is 7.43. The van der Waals surface area contributed by atoms with Crippen molar-refractivity contribution in [3.8, 4) is 0 Å². The number of nitrogens with one attached hydrogen (secondary N) is 1. The van der Waals surface area contributed by atoms with Crippen molar-refractivity contribution in [3.63, 3.8) is 0 Å². The van der Waals surface area contributed by atoms with Crippen LogP contribution in [0, 0.1) is 5.82 Å². The fraction of sp³-hybridized carbons (Fsp3) is 0.278. The third kappa shape index (κ3) is 3.00. The van der Waals surface area contributed by atoms with Gasteiger partial charge in [-0.3, -0.25) is 4.79 Å². The molecule has 1 fully saturated rings. The maximum atomic E-state index is 13.0. The number of amides is 1. The van der Waals surface area contributed by atoms with Gasteiger partial charge in [-0.1, -0.05) is 36.6 Å². The standard InChI is InChI=1S/C18H17ClFNO/c19-15-5-3-4-14(12-15)18(10-1-2-11-18)21-17(22)13-6-8-16(20)9-7-13/h3-9,12H,1-2,10-11H2,(H,21,22). The summed E-state index contributed by atoms with van der Waals surface area (Å²) in [6, 6.07) is 13.3. The molecule has 1 N–H and O–H groups in total. The molecule has 1 aliphatic carbocycles. The van der Waals surface area contributed by atoms with Crippen LogP contribution >= 0.6 is 11.6 Å². The van der Waals surface area contributed by atoms with Crippen molar-refractivity contribution < 1.29 is 9.18 Å². The number of benzene rings is 2. The average molecular weight is 318 g/mol. The maximum absolute atomic E-state index is 13.0. The van der Waals surface area contributed by atoms with Crippen LogP contribution in [0.4, 0.5) is 4.39 Å². The van der Waals surface area contributed by atoms with E-state index in [4.69, 9.17) is 11.6 Å². The molecule has 2 nitrogen and oxygen atoms in total. The van der Waals surface area contributed by atoms with E-state index >= 15 is 0 Å². The quantitative estimate of drug-likeness (QED) is 0.875. The Balaban J connectivity index is 1.88. The second-order valence-electron chi connectivity index (χ2n) is 5.76. The SMILES string of the molecule is O=C(NC1(c2cccc(Cl)c2)CCCC1)c1ccc(F)cc1. The van der Waals surface area contributed by atoms with E-state index in [9.17, 15) is 9.18 Å². The third-order valence-corrected chi connectivity index (χ3v) is 4.53. The molecule has 0 spiro atoms. The van der Waals surface area contributed by atoms with Crippen molar-refractivity contribution in [2.24, 2.45) is 0 Å². The number of hydrogen-bond donors (Lipinski definition) is 1. The van der Waals surface area contributed by atoms with Crippen molar-refractivity contribution >= 4 is 17.5 Å². The largest absolute Gasteiger partial charge is 0.343 e. The van der Waals surface area contributed by atoms with E-state index in [2.05, 4.69) is 5.32 Å². The average Bonchev–Trinajstić information content (AvgIpc) is 2.97. The minimum atomic E-state index is -0.379. The van der Waals surface area contributed by atoms with Gasteiger partial charge in [0.25, 0.3) is 5.91 Å². The highest BCUT2D eigenvalue weighted by Crippen LogP contribution is 2.39. The number of halogens is 2. The Morgan fingerprint density at radius 2 is 1.77 bits per heavy atom. The Hall–Kier alpha value is -1.87. The lowest BCUT2D eigenvalue weighted by Gasteiger charge is -2.31. The van der Waals surface area contributed by atoms with E-state index in [1.54, 1.807) is 0 Å². The van der Waals surface area contributed by atoms with Gasteiger partial charge in [-0.15, -0.1) is 0 Å². The fourth-order valence-electron chi connectivity index (χ4n) is 3.14. The molecule has 22 heavy (non-hydrogen) atoms. The zero-order chi connectivity index (χ0) is 15.6. The van der Waals surface area contributed by atoms with Crippen LogP contribution in [0.3, 0.4) is 0 Å². The summed E-state index contributed by atoms with van der Waals surface area (Å²) in [5, 5.41) is 3.82. The molecule has 0 heterocycles. The summed E-state index contributed by atoms with van der Waals surface area (Å²) in [5.41, 5.74) is 1.12. The summed E-state index contributed by atoms with van der Waals surface area (Å²) in [6.07, 6.45) is 3.91. The van der Waals surface area contributed by atoms with E-state index in [0.29, 0.717) is 10.6 Å². The molecule has 0 radical (unpaired) electrons. The van der Waals surface area contributed by atoms with Crippen LogP contribution in [0.15, 0.2) is 48.5 Å². The molecule has 2 aromatic rings. The molecule has 0 aromatic heterocycles. The van der Waals surface area contributed by atoms with Crippen LogP contribution in [-0.2, 0) is 5.54 Å². The van der Waals surface area contributed by atoms with Gasteiger partial charge in [-0.05, 0) is 54.8 Å². The Morgan fingerprint density at radius 1 is 1.09 bits per heavy atom. The summed E-state index contributed by atoms with van der Waals surface area (Å²) >= 11 is 6.10. The van der Waals surface area contributed by atoms with Crippen molar-refractivity contribution in [2.75, 3.05) is 0 Å². The molecule has 3 rings (SSSR count). The van der Waals surface area contributed by atoms with Gasteiger partial charge >= 0.3 is 0 Å². The van der Waals surface area contributed by atoms with Crippen LogP contribution < -0.4 is 5.32 Å². The van der Waals surface area contributed by atoms with Crippen LogP contribution in [0.2, 0.25) is 5.02 Å². The van der Waals surface area contributed by atoms with Crippen LogP contribution in [0.5, 0.6) is 0 Å². The molecule has 2 aromatic carbocycles. The first-order valence-corrected chi connectivity index (χ1v) is 7.81. The fourth-order valence-corrected chi connectivity index (χ4v) is 3.33. The van der Waals surface area contributed by atoms with Crippen LogP contribution in [0.1, 0.15) is 41.6 Å². The Kier molecular flexibility index (Phi) is 4.16. The molecular formula is C18H17ClFNO. The molecule has 1 amide bonds. The predicted molar refractivity (Wildman–Crippen MR) is 85.5 cm³/mol. The highest BCUT2D eigenvalue weighted by Gasteiger charge is 2.37. The summed E-state index contributed by atoms with van der Waals surface area (Å²) in [6.45, 7) is 0. The minimum Gasteiger partial charge on any atom is -0.343 e. The second kappa shape index (κ2) is 6.09. The summed E-state index contributed by atoms with van der Waals surface area (Å²) in [7, 11) is 0. The second-order valence-corrected chi connectivity index (χ2v) is 6.20. The first kappa shape index (κ1) is 15.0. The van der Waals surface area contributed by atoms with Gasteiger partial charge in [0.05, 0.1) is 5.54 Å². The van der Waals surface area contributed by atoms with Crippen molar-refractivity contribution in [1.29, 1.82) is 0 Å². The Bertz CT molecular complexity index is 678. The summed E-state index contributed by atoms with van der Waals surface area (Å²) < 4.78 is 13.0. The number of carbonyl (C=O) groups excluding carboxylic acids is 1. The predicted octanol–water partition coefficient (Wildman–Crippen LogP) is 4.68. The lowest BCUT2D eigenvalue weighted by Crippen LogP contribution is -2.43. The first-order chi connectivity index (χ1) is 10.6. The van der Waals surface area contributed by atoms with Crippen molar-refractivity contribution in [1.82, 2.24) is 5.32 Å². The molecular weight excluding hydrogens is 301 g/mol. The van der Waals surface area contributed by atoms with Crippen LogP contribution in [0.25, 0.3) is 0 Å². The summed E-state index contributed by atoms with van der Waals surface area (Å²) in [4.78, 5) is 12.5. The minimum absolute atomic E-state index is 0.179.